The van der Waals surface area contributed by atoms with E-state index in [9.17, 15) is 0 Å². The summed E-state index contributed by atoms with van der Waals surface area (Å²) in [6, 6.07) is 0. The highest BCUT2D eigenvalue weighted by atomic mass is 79.9. The maximum Gasteiger partial charge on any atom is 0.0804 e. The van der Waals surface area contributed by atoms with Crippen LogP contribution in [0.15, 0.2) is 0 Å². The first-order valence-electron chi connectivity index (χ1n) is 10.6. The monoisotopic (exact) mass is 407 g/mol. The van der Waals surface area contributed by atoms with Gasteiger partial charge in [-0.25, -0.2) is 0 Å². The Kier molecular flexibility index (Phi) is 21.9. The van der Waals surface area contributed by atoms with Gasteiger partial charge in [-0.1, -0.05) is 84.0 Å². The van der Waals surface area contributed by atoms with E-state index in [-0.39, 0.29) is 17.0 Å². The van der Waals surface area contributed by atoms with Gasteiger partial charge < -0.3 is 26.6 Å². The van der Waals surface area contributed by atoms with E-state index < -0.39 is 0 Å². The number of aliphatic hydroxyl groups is 1. The lowest BCUT2D eigenvalue weighted by atomic mass is 10.0. The first kappa shape index (κ1) is 26.6. The third-order valence-electron chi connectivity index (χ3n) is 5.04. The molecule has 0 aromatic rings. The third-order valence-corrected chi connectivity index (χ3v) is 5.04. The molecule has 0 saturated heterocycles. The SMILES string of the molecule is CCCCCCCCCCCCCCCC[N+](C)(C)CCCO.[Br-]. The van der Waals surface area contributed by atoms with Crippen LogP contribution in [0.3, 0.4) is 0 Å². The molecule has 0 bridgehead atoms. The molecular formula is C21H46BrNO. The fourth-order valence-corrected chi connectivity index (χ4v) is 3.34. The lowest BCUT2D eigenvalue weighted by molar-refractivity contribution is -0.890. The fraction of sp³-hybridized carbons (Fsp3) is 1.00. The molecule has 3 heteroatoms. The maximum absolute atomic E-state index is 8.91. The smallest absolute Gasteiger partial charge is 0.0804 e. The second kappa shape index (κ2) is 19.7. The molecule has 0 aliphatic heterocycles. The molecule has 0 aliphatic rings. The third kappa shape index (κ3) is 20.4. The second-order valence-corrected chi connectivity index (χ2v) is 8.06. The molecule has 0 aromatic carbocycles. The summed E-state index contributed by atoms with van der Waals surface area (Å²) in [6.45, 7) is 4.99. The zero-order chi connectivity index (χ0) is 17.2. The molecule has 148 valence electrons. The topological polar surface area (TPSA) is 20.2 Å². The summed E-state index contributed by atoms with van der Waals surface area (Å²) in [5, 5.41) is 8.91. The van der Waals surface area contributed by atoms with E-state index in [1.54, 1.807) is 0 Å². The van der Waals surface area contributed by atoms with E-state index in [4.69, 9.17) is 5.11 Å². The molecule has 0 rings (SSSR count). The van der Waals surface area contributed by atoms with Crippen LogP contribution >= 0.6 is 0 Å². The van der Waals surface area contributed by atoms with Gasteiger partial charge in [0.1, 0.15) is 0 Å². The van der Waals surface area contributed by atoms with Gasteiger partial charge in [0.15, 0.2) is 0 Å². The average molecular weight is 409 g/mol. The van der Waals surface area contributed by atoms with Gasteiger partial charge in [-0.3, -0.25) is 0 Å². The normalized spacial score (nSPS) is 11.5. The molecule has 0 spiro atoms. The Balaban J connectivity index is 0. The summed E-state index contributed by atoms with van der Waals surface area (Å²) in [4.78, 5) is 0. The van der Waals surface area contributed by atoms with Crippen molar-refractivity contribution < 1.29 is 26.6 Å². The molecule has 2 nitrogen and oxygen atoms in total. The van der Waals surface area contributed by atoms with Gasteiger partial charge in [0.05, 0.1) is 27.2 Å². The molecule has 0 aromatic heterocycles. The summed E-state index contributed by atoms with van der Waals surface area (Å²) in [6.07, 6.45) is 20.9. The highest BCUT2D eigenvalue weighted by Crippen LogP contribution is 2.13. The van der Waals surface area contributed by atoms with Crippen molar-refractivity contribution in [1.82, 2.24) is 0 Å². The summed E-state index contributed by atoms with van der Waals surface area (Å²) in [5.74, 6) is 0. The van der Waals surface area contributed by atoms with Crippen LogP contribution in [0, 0.1) is 0 Å². The lowest BCUT2D eigenvalue weighted by Crippen LogP contribution is -3.00. The van der Waals surface area contributed by atoms with Crippen LogP contribution in [-0.4, -0.2) is 43.4 Å². The van der Waals surface area contributed by atoms with E-state index in [0.29, 0.717) is 6.61 Å². The highest BCUT2D eigenvalue weighted by Gasteiger charge is 2.12. The van der Waals surface area contributed by atoms with Crippen LogP contribution in [-0.2, 0) is 0 Å². The predicted molar refractivity (Wildman–Crippen MR) is 104 cm³/mol. The zero-order valence-corrected chi connectivity index (χ0v) is 18.6. The molecule has 24 heavy (non-hydrogen) atoms. The Bertz CT molecular complexity index is 234. The number of rotatable bonds is 18. The number of quaternary nitrogens is 1. The summed E-state index contributed by atoms with van der Waals surface area (Å²) >= 11 is 0. The van der Waals surface area contributed by atoms with Crippen LogP contribution in [0.4, 0.5) is 0 Å². The quantitative estimate of drug-likeness (QED) is 0.273. The fourth-order valence-electron chi connectivity index (χ4n) is 3.34. The predicted octanol–water partition coefficient (Wildman–Crippen LogP) is 2.93. The molecule has 0 amide bonds. The van der Waals surface area contributed by atoms with Crippen molar-refractivity contribution in [3.05, 3.63) is 0 Å². The molecule has 0 heterocycles. The van der Waals surface area contributed by atoms with Gasteiger partial charge in [-0.05, 0) is 12.8 Å². The highest BCUT2D eigenvalue weighted by molar-refractivity contribution is 4.49. The molecule has 0 unspecified atom stereocenters. The number of aliphatic hydroxyl groups excluding tert-OH is 1. The van der Waals surface area contributed by atoms with Crippen LogP contribution in [0.2, 0.25) is 0 Å². The Morgan fingerprint density at radius 2 is 0.875 bits per heavy atom. The van der Waals surface area contributed by atoms with Crippen molar-refractivity contribution >= 4 is 0 Å². The Morgan fingerprint density at radius 1 is 0.542 bits per heavy atom. The summed E-state index contributed by atoms with van der Waals surface area (Å²) in [7, 11) is 4.58. The minimum atomic E-state index is 0. The first-order valence-corrected chi connectivity index (χ1v) is 10.6. The van der Waals surface area contributed by atoms with Crippen molar-refractivity contribution in [3.8, 4) is 0 Å². The molecule has 0 atom stereocenters. The van der Waals surface area contributed by atoms with Crippen LogP contribution < -0.4 is 17.0 Å². The average Bonchev–Trinajstić information content (AvgIpc) is 2.53. The van der Waals surface area contributed by atoms with Gasteiger partial charge in [0.25, 0.3) is 0 Å². The maximum atomic E-state index is 8.91. The van der Waals surface area contributed by atoms with Crippen LogP contribution in [0.1, 0.15) is 103 Å². The largest absolute Gasteiger partial charge is 1.00 e. The molecule has 0 fully saturated rings. The summed E-state index contributed by atoms with van der Waals surface area (Å²) in [5.41, 5.74) is 0. The van der Waals surface area contributed by atoms with Gasteiger partial charge in [-0.2, -0.15) is 0 Å². The number of nitrogens with zero attached hydrogens (tertiary/aromatic N) is 1. The summed E-state index contributed by atoms with van der Waals surface area (Å²) < 4.78 is 1.07. The van der Waals surface area contributed by atoms with Crippen molar-refractivity contribution in [2.75, 3.05) is 33.8 Å². The van der Waals surface area contributed by atoms with Crippen LogP contribution in [0.25, 0.3) is 0 Å². The van der Waals surface area contributed by atoms with E-state index in [1.807, 2.05) is 0 Å². The van der Waals surface area contributed by atoms with Gasteiger partial charge in [-0.15, -0.1) is 0 Å². The molecular weight excluding hydrogens is 362 g/mol. The molecule has 0 aliphatic carbocycles. The van der Waals surface area contributed by atoms with E-state index in [2.05, 4.69) is 21.0 Å². The number of hydrogen-bond acceptors (Lipinski definition) is 1. The Hall–Kier alpha value is 0.400. The van der Waals surface area contributed by atoms with Gasteiger partial charge in [0, 0.05) is 13.0 Å². The van der Waals surface area contributed by atoms with Crippen molar-refractivity contribution in [2.45, 2.75) is 103 Å². The molecule has 0 saturated carbocycles. The van der Waals surface area contributed by atoms with Crippen molar-refractivity contribution in [1.29, 1.82) is 0 Å². The van der Waals surface area contributed by atoms with Crippen molar-refractivity contribution in [3.63, 3.8) is 0 Å². The van der Waals surface area contributed by atoms with Crippen molar-refractivity contribution in [2.24, 2.45) is 0 Å². The Labute approximate surface area is 163 Å². The second-order valence-electron chi connectivity index (χ2n) is 8.06. The Morgan fingerprint density at radius 3 is 1.25 bits per heavy atom. The number of halogens is 1. The number of unbranched alkanes of at least 4 members (excludes halogenated alkanes) is 13. The van der Waals surface area contributed by atoms with E-state index >= 15 is 0 Å². The minimum absolute atomic E-state index is 0. The number of hydrogen-bond donors (Lipinski definition) is 1. The van der Waals surface area contributed by atoms with Crippen LogP contribution in [0.5, 0.6) is 0 Å². The molecule has 1 N–H and O–H groups in total. The van der Waals surface area contributed by atoms with E-state index in [0.717, 1.165) is 17.4 Å². The van der Waals surface area contributed by atoms with Gasteiger partial charge >= 0.3 is 0 Å². The van der Waals surface area contributed by atoms with Gasteiger partial charge in [0.2, 0.25) is 0 Å². The molecule has 0 radical (unpaired) electrons. The first-order chi connectivity index (χ1) is 11.1. The minimum Gasteiger partial charge on any atom is -1.00 e. The zero-order valence-electron chi connectivity index (χ0n) is 17.0. The lowest BCUT2D eigenvalue weighted by Gasteiger charge is -2.29. The van der Waals surface area contributed by atoms with E-state index in [1.165, 1.54) is 96.4 Å². The standard InChI is InChI=1S/C21H46NO.BrH/c1-4-5-6-7-8-9-10-11-12-13-14-15-16-17-19-22(2,3)20-18-21-23;/h23H,4-21H2,1-3H3;1H/q+1;/p-1.